The molecule has 0 bridgehead atoms. The van der Waals surface area contributed by atoms with Gasteiger partial charge in [0.2, 0.25) is 0 Å². The van der Waals surface area contributed by atoms with E-state index in [0.717, 1.165) is 11.4 Å². The van der Waals surface area contributed by atoms with Crippen LogP contribution in [0, 0.1) is 12.8 Å². The summed E-state index contributed by atoms with van der Waals surface area (Å²) in [5, 5.41) is 0.950. The maximum absolute atomic E-state index is 3.66. The molecule has 0 heterocycles. The summed E-state index contributed by atoms with van der Waals surface area (Å²) in [4.78, 5) is 2.67. The first-order valence-corrected chi connectivity index (χ1v) is 8.66. The van der Waals surface area contributed by atoms with Crippen molar-refractivity contribution in [3.05, 3.63) is 29.3 Å². The van der Waals surface area contributed by atoms with Crippen LogP contribution in [0.4, 0.5) is 5.69 Å². The van der Waals surface area contributed by atoms with E-state index in [2.05, 4.69) is 59.8 Å². The van der Waals surface area contributed by atoms with E-state index >= 15 is 0 Å². The summed E-state index contributed by atoms with van der Waals surface area (Å²) >= 11 is 3.66. The lowest BCUT2D eigenvalue weighted by atomic mass is 10.0. The molecule has 0 aromatic heterocycles. The Labute approximate surface area is 126 Å². The molecule has 2 heteroatoms. The summed E-state index contributed by atoms with van der Waals surface area (Å²) in [6, 6.07) is 7.66. The Balaban J connectivity index is 2.30. The van der Waals surface area contributed by atoms with Crippen LogP contribution < -0.4 is 4.90 Å². The number of hydrogen-bond acceptors (Lipinski definition) is 1. The minimum atomic E-state index is 0.713. The molecule has 0 atom stereocenters. The molecule has 1 aliphatic rings. The first-order chi connectivity index (χ1) is 9.11. The lowest BCUT2D eigenvalue weighted by Crippen LogP contribution is -2.36. The van der Waals surface area contributed by atoms with E-state index in [9.17, 15) is 0 Å². The maximum atomic E-state index is 3.66. The van der Waals surface area contributed by atoms with Gasteiger partial charge >= 0.3 is 0 Å². The summed E-state index contributed by atoms with van der Waals surface area (Å²) in [5.41, 5.74) is 4.24. The average Bonchev–Trinajstić information content (AvgIpc) is 2.89. The largest absolute Gasteiger partial charge is 0.368 e. The van der Waals surface area contributed by atoms with Crippen LogP contribution in [0.15, 0.2) is 18.2 Å². The SMILES string of the molecule is Cc1ccc(N(CC(C)C)C2CCCC2)c(CBr)c1. The Kier molecular flexibility index (Phi) is 5.32. The highest BCUT2D eigenvalue weighted by molar-refractivity contribution is 9.08. The smallest absolute Gasteiger partial charge is 0.0410 e. The van der Waals surface area contributed by atoms with Gasteiger partial charge in [-0.05, 0) is 37.3 Å². The number of rotatable bonds is 5. The normalized spacial score (nSPS) is 16.3. The van der Waals surface area contributed by atoms with E-state index < -0.39 is 0 Å². The molecule has 0 unspecified atom stereocenters. The minimum absolute atomic E-state index is 0.713. The fraction of sp³-hybridized carbons (Fsp3) is 0.647. The van der Waals surface area contributed by atoms with E-state index in [0.29, 0.717) is 5.92 Å². The molecule has 1 aromatic carbocycles. The Morgan fingerprint density at radius 1 is 1.26 bits per heavy atom. The predicted molar refractivity (Wildman–Crippen MR) is 88.3 cm³/mol. The van der Waals surface area contributed by atoms with Crippen molar-refractivity contribution in [2.45, 2.75) is 57.8 Å². The third kappa shape index (κ3) is 3.75. The lowest BCUT2D eigenvalue weighted by Gasteiger charge is -2.34. The Bertz CT molecular complexity index is 408. The Hall–Kier alpha value is -0.500. The summed E-state index contributed by atoms with van der Waals surface area (Å²) in [7, 11) is 0. The van der Waals surface area contributed by atoms with E-state index in [4.69, 9.17) is 0 Å². The maximum Gasteiger partial charge on any atom is 0.0410 e. The van der Waals surface area contributed by atoms with Gasteiger partial charge in [0.15, 0.2) is 0 Å². The number of hydrogen-bond donors (Lipinski definition) is 0. The van der Waals surface area contributed by atoms with Crippen LogP contribution in [-0.2, 0) is 5.33 Å². The molecule has 106 valence electrons. The van der Waals surface area contributed by atoms with Crippen LogP contribution in [0.5, 0.6) is 0 Å². The molecular weight excluding hydrogens is 298 g/mol. The highest BCUT2D eigenvalue weighted by Crippen LogP contribution is 2.32. The second-order valence-electron chi connectivity index (χ2n) is 6.25. The zero-order chi connectivity index (χ0) is 13.8. The van der Waals surface area contributed by atoms with Crippen molar-refractivity contribution in [3.8, 4) is 0 Å². The standard InChI is InChI=1S/C17H26BrN/c1-13(2)12-19(16-6-4-5-7-16)17-9-8-14(3)10-15(17)11-18/h8-10,13,16H,4-7,11-12H2,1-3H3. The second kappa shape index (κ2) is 6.78. The predicted octanol–water partition coefficient (Wildman–Crippen LogP) is 5.29. The van der Waals surface area contributed by atoms with Gasteiger partial charge < -0.3 is 4.90 Å². The third-order valence-corrected chi connectivity index (χ3v) is 4.62. The van der Waals surface area contributed by atoms with Crippen molar-refractivity contribution >= 4 is 21.6 Å². The van der Waals surface area contributed by atoms with Gasteiger partial charge in [0.25, 0.3) is 0 Å². The number of nitrogens with zero attached hydrogens (tertiary/aromatic N) is 1. The Morgan fingerprint density at radius 2 is 1.95 bits per heavy atom. The highest BCUT2D eigenvalue weighted by Gasteiger charge is 2.24. The number of alkyl halides is 1. The number of anilines is 1. The molecule has 0 saturated heterocycles. The molecule has 2 rings (SSSR count). The van der Waals surface area contributed by atoms with Gasteiger partial charge in [-0.3, -0.25) is 0 Å². The second-order valence-corrected chi connectivity index (χ2v) is 6.81. The van der Waals surface area contributed by atoms with E-state index in [1.165, 1.54) is 49.0 Å². The zero-order valence-corrected chi connectivity index (χ0v) is 14.0. The van der Waals surface area contributed by atoms with Crippen LogP contribution in [0.25, 0.3) is 0 Å². The molecule has 0 N–H and O–H groups in total. The molecular formula is C17H26BrN. The topological polar surface area (TPSA) is 3.24 Å². The van der Waals surface area contributed by atoms with Gasteiger partial charge in [0, 0.05) is 23.6 Å². The third-order valence-electron chi connectivity index (χ3n) is 4.02. The minimum Gasteiger partial charge on any atom is -0.368 e. The fourth-order valence-corrected chi connectivity index (χ4v) is 3.60. The molecule has 1 aliphatic carbocycles. The number of aryl methyl sites for hydroxylation is 1. The summed E-state index contributed by atoms with van der Waals surface area (Å²) in [6.07, 6.45) is 5.52. The molecule has 1 fully saturated rings. The lowest BCUT2D eigenvalue weighted by molar-refractivity contribution is 0.535. The van der Waals surface area contributed by atoms with Gasteiger partial charge in [-0.25, -0.2) is 0 Å². The molecule has 19 heavy (non-hydrogen) atoms. The number of halogens is 1. The Morgan fingerprint density at radius 3 is 2.53 bits per heavy atom. The first-order valence-electron chi connectivity index (χ1n) is 7.54. The first kappa shape index (κ1) is 14.9. The van der Waals surface area contributed by atoms with Crippen molar-refractivity contribution in [3.63, 3.8) is 0 Å². The summed E-state index contributed by atoms with van der Waals surface area (Å²) in [5.74, 6) is 0.713. The highest BCUT2D eigenvalue weighted by atomic mass is 79.9. The molecule has 0 radical (unpaired) electrons. The number of benzene rings is 1. The zero-order valence-electron chi connectivity index (χ0n) is 12.5. The summed E-state index contributed by atoms with van der Waals surface area (Å²) < 4.78 is 0. The van der Waals surface area contributed by atoms with Crippen molar-refractivity contribution in [1.82, 2.24) is 0 Å². The molecule has 0 amide bonds. The van der Waals surface area contributed by atoms with Crippen molar-refractivity contribution in [2.24, 2.45) is 5.92 Å². The monoisotopic (exact) mass is 323 g/mol. The molecule has 0 spiro atoms. The van der Waals surface area contributed by atoms with Gasteiger partial charge in [-0.2, -0.15) is 0 Å². The van der Waals surface area contributed by atoms with Crippen LogP contribution in [0.1, 0.15) is 50.7 Å². The van der Waals surface area contributed by atoms with Crippen molar-refractivity contribution in [1.29, 1.82) is 0 Å². The van der Waals surface area contributed by atoms with Gasteiger partial charge in [0.1, 0.15) is 0 Å². The van der Waals surface area contributed by atoms with Crippen LogP contribution in [0.3, 0.4) is 0 Å². The molecule has 1 aromatic rings. The van der Waals surface area contributed by atoms with Crippen molar-refractivity contribution < 1.29 is 0 Å². The van der Waals surface area contributed by atoms with Crippen LogP contribution in [-0.4, -0.2) is 12.6 Å². The molecule has 1 saturated carbocycles. The van der Waals surface area contributed by atoms with E-state index in [1.807, 2.05) is 0 Å². The molecule has 0 aliphatic heterocycles. The van der Waals surface area contributed by atoms with Crippen LogP contribution in [0.2, 0.25) is 0 Å². The van der Waals surface area contributed by atoms with Gasteiger partial charge in [-0.1, -0.05) is 60.3 Å². The van der Waals surface area contributed by atoms with Gasteiger partial charge in [0.05, 0.1) is 0 Å². The van der Waals surface area contributed by atoms with E-state index in [1.54, 1.807) is 0 Å². The fourth-order valence-electron chi connectivity index (χ4n) is 3.15. The summed E-state index contributed by atoms with van der Waals surface area (Å²) in [6.45, 7) is 8.00. The van der Waals surface area contributed by atoms with Gasteiger partial charge in [-0.15, -0.1) is 0 Å². The quantitative estimate of drug-likeness (QED) is 0.665. The van der Waals surface area contributed by atoms with E-state index in [-0.39, 0.29) is 0 Å². The average molecular weight is 324 g/mol. The molecule has 1 nitrogen and oxygen atoms in total. The van der Waals surface area contributed by atoms with Crippen molar-refractivity contribution in [2.75, 3.05) is 11.4 Å². The van der Waals surface area contributed by atoms with Crippen LogP contribution >= 0.6 is 15.9 Å².